The van der Waals surface area contributed by atoms with Crippen molar-refractivity contribution in [2.75, 3.05) is 6.54 Å². The summed E-state index contributed by atoms with van der Waals surface area (Å²) in [5.74, 6) is 2.17. The van der Waals surface area contributed by atoms with E-state index in [1.165, 1.54) is 19.3 Å². The van der Waals surface area contributed by atoms with Crippen LogP contribution in [0.2, 0.25) is 0 Å². The molecular weight excluding hydrogens is 268 g/mol. The normalized spacial score (nSPS) is 46.5. The van der Waals surface area contributed by atoms with Crippen molar-refractivity contribution in [1.29, 1.82) is 0 Å². The Kier molecular flexibility index (Phi) is 2.79. The van der Waals surface area contributed by atoms with Gasteiger partial charge in [0.1, 0.15) is 5.54 Å². The highest BCUT2D eigenvalue weighted by Crippen LogP contribution is 2.65. The minimum atomic E-state index is -0.979. The fourth-order valence-electron chi connectivity index (χ4n) is 5.65. The average Bonchev–Trinajstić information content (AvgIpc) is 2.92. The van der Waals surface area contributed by atoms with Crippen molar-refractivity contribution in [2.45, 2.75) is 57.0 Å². The number of nitrogens with zero attached hydrogens (tertiary/aromatic N) is 1. The Morgan fingerprint density at radius 1 is 1.29 bits per heavy atom. The van der Waals surface area contributed by atoms with Crippen molar-refractivity contribution in [3.8, 4) is 0 Å². The zero-order valence-electron chi connectivity index (χ0n) is 12.5. The predicted molar refractivity (Wildman–Crippen MR) is 76.7 cm³/mol. The monoisotopic (exact) mass is 292 g/mol. The molecule has 4 aliphatic rings. The number of aliphatic carboxylic acids is 1. The van der Waals surface area contributed by atoms with Gasteiger partial charge in [0.15, 0.2) is 0 Å². The summed E-state index contributed by atoms with van der Waals surface area (Å²) in [5.41, 5.74) is -0.979. The number of hydrogen-bond acceptors (Lipinski definition) is 2. The molecular formula is C16H24N2O3. The van der Waals surface area contributed by atoms with Crippen LogP contribution in [0.3, 0.4) is 0 Å². The van der Waals surface area contributed by atoms with Gasteiger partial charge in [-0.2, -0.15) is 0 Å². The van der Waals surface area contributed by atoms with Crippen LogP contribution in [0.25, 0.3) is 0 Å². The van der Waals surface area contributed by atoms with Gasteiger partial charge >= 0.3 is 12.0 Å². The molecule has 2 amide bonds. The predicted octanol–water partition coefficient (Wildman–Crippen LogP) is 2.07. The summed E-state index contributed by atoms with van der Waals surface area (Å²) in [6.45, 7) is 2.44. The highest BCUT2D eigenvalue weighted by Gasteiger charge is 2.66. The minimum Gasteiger partial charge on any atom is -0.479 e. The number of urea groups is 1. The second kappa shape index (κ2) is 4.37. The summed E-state index contributed by atoms with van der Waals surface area (Å²) in [5, 5.41) is 12.7. The molecule has 0 radical (unpaired) electrons. The lowest BCUT2D eigenvalue weighted by Gasteiger charge is -2.34. The van der Waals surface area contributed by atoms with Gasteiger partial charge < -0.3 is 15.3 Å². The van der Waals surface area contributed by atoms with Crippen LogP contribution in [0.1, 0.15) is 45.4 Å². The summed E-state index contributed by atoms with van der Waals surface area (Å²) in [7, 11) is 0. The molecule has 0 aromatic carbocycles. The van der Waals surface area contributed by atoms with E-state index >= 15 is 0 Å². The van der Waals surface area contributed by atoms with Gasteiger partial charge in [-0.3, -0.25) is 0 Å². The molecule has 1 heterocycles. The first-order valence-electron chi connectivity index (χ1n) is 8.40. The molecule has 5 atom stereocenters. The molecule has 2 N–H and O–H groups in total. The topological polar surface area (TPSA) is 69.6 Å². The van der Waals surface area contributed by atoms with Crippen molar-refractivity contribution in [3.05, 3.63) is 0 Å². The van der Waals surface area contributed by atoms with E-state index in [0.717, 1.165) is 18.3 Å². The fraction of sp³-hybridized carbons (Fsp3) is 0.875. The van der Waals surface area contributed by atoms with Crippen LogP contribution in [0.4, 0.5) is 4.79 Å². The van der Waals surface area contributed by atoms with Crippen molar-refractivity contribution < 1.29 is 14.7 Å². The average molecular weight is 292 g/mol. The summed E-state index contributed by atoms with van der Waals surface area (Å²) in [4.78, 5) is 25.8. The van der Waals surface area contributed by atoms with Crippen molar-refractivity contribution >= 4 is 12.0 Å². The Balaban J connectivity index is 1.45. The Bertz CT molecular complexity index is 478. The molecule has 3 aliphatic carbocycles. The molecule has 4 rings (SSSR count). The van der Waals surface area contributed by atoms with Crippen LogP contribution in [0, 0.1) is 23.7 Å². The van der Waals surface area contributed by atoms with Gasteiger partial charge in [0.25, 0.3) is 0 Å². The number of rotatable bonds is 3. The van der Waals surface area contributed by atoms with Crippen LogP contribution in [-0.4, -0.2) is 40.1 Å². The molecule has 5 nitrogen and oxygen atoms in total. The van der Waals surface area contributed by atoms with Gasteiger partial charge in [0.05, 0.1) is 0 Å². The van der Waals surface area contributed by atoms with Crippen LogP contribution in [-0.2, 0) is 4.79 Å². The van der Waals surface area contributed by atoms with E-state index in [2.05, 4.69) is 5.32 Å². The van der Waals surface area contributed by atoms with Gasteiger partial charge in [-0.1, -0.05) is 6.92 Å². The van der Waals surface area contributed by atoms with Crippen LogP contribution in [0.15, 0.2) is 0 Å². The Labute approximate surface area is 125 Å². The third kappa shape index (κ3) is 1.69. The maximum atomic E-state index is 12.6. The van der Waals surface area contributed by atoms with Crippen molar-refractivity contribution in [2.24, 2.45) is 23.7 Å². The quantitative estimate of drug-likeness (QED) is 0.836. The van der Waals surface area contributed by atoms with Crippen LogP contribution in [0.5, 0.6) is 0 Å². The van der Waals surface area contributed by atoms with E-state index in [9.17, 15) is 14.7 Å². The second-order valence-corrected chi connectivity index (χ2v) is 7.41. The number of amides is 2. The molecule has 5 heteroatoms. The Hall–Kier alpha value is -1.26. The Morgan fingerprint density at radius 2 is 1.95 bits per heavy atom. The molecule has 1 saturated heterocycles. The van der Waals surface area contributed by atoms with Gasteiger partial charge in [0, 0.05) is 12.6 Å². The Morgan fingerprint density at radius 3 is 2.52 bits per heavy atom. The number of carbonyl (C=O) groups is 2. The van der Waals surface area contributed by atoms with Crippen molar-refractivity contribution in [1.82, 2.24) is 10.2 Å². The molecule has 0 aromatic heterocycles. The summed E-state index contributed by atoms with van der Waals surface area (Å²) >= 11 is 0. The standard InChI is InChI=1S/C16H24N2O3/c1-2-16(14(19)20)6-3-7-18(16)15(21)17-13-11-9-4-5-10(8-9)12(11)13/h9-13H,2-8H2,1H3,(H,17,21)(H,19,20). The van der Waals surface area contributed by atoms with Gasteiger partial charge in [-0.05, 0) is 62.2 Å². The molecule has 1 aliphatic heterocycles. The van der Waals surface area contributed by atoms with E-state index in [1.807, 2.05) is 6.92 Å². The lowest BCUT2D eigenvalue weighted by Crippen LogP contribution is -2.56. The van der Waals surface area contributed by atoms with E-state index in [1.54, 1.807) is 4.90 Å². The highest BCUT2D eigenvalue weighted by molar-refractivity contribution is 5.87. The number of likely N-dealkylation sites (tertiary alicyclic amines) is 1. The van der Waals surface area contributed by atoms with E-state index in [4.69, 9.17) is 0 Å². The first-order valence-corrected chi connectivity index (χ1v) is 8.40. The summed E-state index contributed by atoms with van der Waals surface area (Å²) in [6.07, 6.45) is 5.87. The summed E-state index contributed by atoms with van der Waals surface area (Å²) in [6, 6.07) is 0.184. The molecule has 2 bridgehead atoms. The molecule has 4 fully saturated rings. The van der Waals surface area contributed by atoms with E-state index in [-0.39, 0.29) is 6.03 Å². The van der Waals surface area contributed by atoms with E-state index in [0.29, 0.717) is 37.3 Å². The lowest BCUT2D eigenvalue weighted by molar-refractivity contribution is -0.148. The number of nitrogens with one attached hydrogen (secondary N) is 1. The van der Waals surface area contributed by atoms with Gasteiger partial charge in [0.2, 0.25) is 0 Å². The first kappa shape index (κ1) is 13.4. The SMILES string of the molecule is CCC1(C(=O)O)CCCN1C(=O)NC1C2C3CCC(C3)C12. The fourth-order valence-corrected chi connectivity index (χ4v) is 5.65. The molecule has 3 saturated carbocycles. The van der Waals surface area contributed by atoms with Gasteiger partial charge in [-0.25, -0.2) is 9.59 Å². The number of carbonyl (C=O) groups excluding carboxylic acids is 1. The zero-order chi connectivity index (χ0) is 14.8. The molecule has 0 aromatic rings. The second-order valence-electron chi connectivity index (χ2n) is 7.41. The number of hydrogen-bond donors (Lipinski definition) is 2. The maximum Gasteiger partial charge on any atom is 0.329 e. The molecule has 5 unspecified atom stereocenters. The smallest absolute Gasteiger partial charge is 0.329 e. The first-order chi connectivity index (χ1) is 10.1. The third-order valence-corrected chi connectivity index (χ3v) is 6.74. The molecule has 116 valence electrons. The zero-order valence-corrected chi connectivity index (χ0v) is 12.5. The van der Waals surface area contributed by atoms with E-state index < -0.39 is 11.5 Å². The molecule has 21 heavy (non-hydrogen) atoms. The van der Waals surface area contributed by atoms with Crippen LogP contribution >= 0.6 is 0 Å². The largest absolute Gasteiger partial charge is 0.479 e. The summed E-state index contributed by atoms with van der Waals surface area (Å²) < 4.78 is 0. The van der Waals surface area contributed by atoms with Gasteiger partial charge in [-0.15, -0.1) is 0 Å². The maximum absolute atomic E-state index is 12.6. The number of carboxylic acid groups (broad SMARTS) is 1. The highest BCUT2D eigenvalue weighted by atomic mass is 16.4. The third-order valence-electron chi connectivity index (χ3n) is 6.74. The molecule has 0 spiro atoms. The van der Waals surface area contributed by atoms with Crippen LogP contribution < -0.4 is 5.32 Å². The lowest BCUT2D eigenvalue weighted by atomic mass is 9.93. The number of fused-ring (bicyclic) bond motifs is 5. The van der Waals surface area contributed by atoms with Crippen molar-refractivity contribution in [3.63, 3.8) is 0 Å². The number of carboxylic acids is 1. The minimum absolute atomic E-state index is 0.143.